The van der Waals surface area contributed by atoms with Crippen molar-refractivity contribution < 1.29 is 9.90 Å². The zero-order valence-corrected chi connectivity index (χ0v) is 15.6. The van der Waals surface area contributed by atoms with Crippen molar-refractivity contribution in [2.75, 3.05) is 0 Å². The second-order valence-corrected chi connectivity index (χ2v) is 6.55. The van der Waals surface area contributed by atoms with E-state index in [2.05, 4.69) is 36.2 Å². The molecule has 0 aliphatic rings. The van der Waals surface area contributed by atoms with Crippen molar-refractivity contribution in [3.8, 4) is 17.4 Å². The highest BCUT2D eigenvalue weighted by Crippen LogP contribution is 2.22. The van der Waals surface area contributed by atoms with Crippen LogP contribution in [0.1, 0.15) is 35.3 Å². The van der Waals surface area contributed by atoms with Crippen LogP contribution in [0.2, 0.25) is 0 Å². The van der Waals surface area contributed by atoms with Crippen LogP contribution >= 0.6 is 15.9 Å². The Morgan fingerprint density at radius 2 is 2.00 bits per heavy atom. The molecule has 1 atom stereocenters. The van der Waals surface area contributed by atoms with Gasteiger partial charge in [0.05, 0.1) is 6.04 Å². The zero-order chi connectivity index (χ0) is 18.5. The minimum atomic E-state index is -0.424. The van der Waals surface area contributed by atoms with Crippen LogP contribution in [0.3, 0.4) is 0 Å². The molecule has 6 nitrogen and oxygen atoms in total. The molecule has 2 heterocycles. The SMILES string of the molecule is CCC(NC(=O)c1cnc(-c2cc(Br)ccn2)nc1O)c1ccccc1. The molecule has 1 amide bonds. The summed E-state index contributed by atoms with van der Waals surface area (Å²) in [4.78, 5) is 24.9. The number of carbonyl (C=O) groups is 1. The molecule has 0 saturated heterocycles. The Morgan fingerprint density at radius 1 is 1.23 bits per heavy atom. The van der Waals surface area contributed by atoms with Crippen LogP contribution in [0.5, 0.6) is 5.88 Å². The Balaban J connectivity index is 1.82. The molecule has 7 heteroatoms. The largest absolute Gasteiger partial charge is 0.493 e. The lowest BCUT2D eigenvalue weighted by atomic mass is 10.0. The maximum Gasteiger partial charge on any atom is 0.258 e. The number of carbonyl (C=O) groups excluding carboxylic acids is 1. The van der Waals surface area contributed by atoms with Gasteiger partial charge in [0.15, 0.2) is 5.82 Å². The second-order valence-electron chi connectivity index (χ2n) is 5.64. The first-order valence-electron chi connectivity index (χ1n) is 8.12. The Bertz CT molecular complexity index is 918. The third kappa shape index (κ3) is 4.05. The van der Waals surface area contributed by atoms with E-state index >= 15 is 0 Å². The van der Waals surface area contributed by atoms with Gasteiger partial charge in [-0.25, -0.2) is 4.98 Å². The minimum absolute atomic E-state index is 0.0260. The predicted molar refractivity (Wildman–Crippen MR) is 102 cm³/mol. The van der Waals surface area contributed by atoms with Crippen molar-refractivity contribution >= 4 is 21.8 Å². The van der Waals surface area contributed by atoms with Gasteiger partial charge in [-0.05, 0) is 24.1 Å². The molecule has 132 valence electrons. The smallest absolute Gasteiger partial charge is 0.258 e. The first-order chi connectivity index (χ1) is 12.6. The van der Waals surface area contributed by atoms with Gasteiger partial charge in [0, 0.05) is 16.9 Å². The van der Waals surface area contributed by atoms with Gasteiger partial charge in [-0.2, -0.15) is 4.98 Å². The molecule has 0 radical (unpaired) electrons. The molecular formula is C19H17BrN4O2. The molecule has 1 aromatic carbocycles. The first-order valence-corrected chi connectivity index (χ1v) is 8.91. The van der Waals surface area contributed by atoms with Gasteiger partial charge in [-0.1, -0.05) is 53.2 Å². The van der Waals surface area contributed by atoms with E-state index in [4.69, 9.17) is 0 Å². The molecule has 2 aromatic heterocycles. The fourth-order valence-electron chi connectivity index (χ4n) is 2.53. The number of amides is 1. The van der Waals surface area contributed by atoms with E-state index in [1.54, 1.807) is 18.3 Å². The average molecular weight is 413 g/mol. The third-order valence-electron chi connectivity index (χ3n) is 3.88. The van der Waals surface area contributed by atoms with Crippen LogP contribution in [0.15, 0.2) is 59.3 Å². The summed E-state index contributed by atoms with van der Waals surface area (Å²) in [5, 5.41) is 13.1. The van der Waals surface area contributed by atoms with Crippen molar-refractivity contribution in [1.82, 2.24) is 20.3 Å². The number of nitrogens with one attached hydrogen (secondary N) is 1. The molecule has 1 unspecified atom stereocenters. The lowest BCUT2D eigenvalue weighted by molar-refractivity contribution is 0.0931. The van der Waals surface area contributed by atoms with Gasteiger partial charge in [0.25, 0.3) is 5.91 Å². The van der Waals surface area contributed by atoms with E-state index in [9.17, 15) is 9.90 Å². The van der Waals surface area contributed by atoms with Gasteiger partial charge >= 0.3 is 0 Å². The van der Waals surface area contributed by atoms with Gasteiger partial charge < -0.3 is 10.4 Å². The second kappa shape index (κ2) is 8.05. The maximum absolute atomic E-state index is 12.5. The quantitative estimate of drug-likeness (QED) is 0.663. The molecule has 0 fully saturated rings. The molecule has 3 aromatic rings. The number of hydrogen-bond acceptors (Lipinski definition) is 5. The number of pyridine rings is 1. The molecule has 3 rings (SSSR count). The Morgan fingerprint density at radius 3 is 2.65 bits per heavy atom. The molecule has 0 aliphatic carbocycles. The van der Waals surface area contributed by atoms with Gasteiger partial charge in [0.1, 0.15) is 11.3 Å². The zero-order valence-electron chi connectivity index (χ0n) is 14.1. The normalized spacial score (nSPS) is 11.8. The average Bonchev–Trinajstić information content (AvgIpc) is 2.66. The van der Waals surface area contributed by atoms with Crippen molar-refractivity contribution in [2.24, 2.45) is 0 Å². The summed E-state index contributed by atoms with van der Waals surface area (Å²) in [5.41, 5.74) is 1.52. The van der Waals surface area contributed by atoms with Crippen LogP contribution in [-0.2, 0) is 0 Å². The van der Waals surface area contributed by atoms with Crippen LogP contribution in [0, 0.1) is 0 Å². The van der Waals surface area contributed by atoms with Crippen LogP contribution in [0.4, 0.5) is 0 Å². The van der Waals surface area contributed by atoms with Gasteiger partial charge in [-0.3, -0.25) is 9.78 Å². The number of rotatable bonds is 5. The lowest BCUT2D eigenvalue weighted by Crippen LogP contribution is -2.28. The van der Waals surface area contributed by atoms with Gasteiger partial charge in [-0.15, -0.1) is 0 Å². The van der Waals surface area contributed by atoms with Crippen molar-refractivity contribution in [1.29, 1.82) is 0 Å². The van der Waals surface area contributed by atoms with E-state index in [0.717, 1.165) is 16.5 Å². The highest BCUT2D eigenvalue weighted by Gasteiger charge is 2.19. The summed E-state index contributed by atoms with van der Waals surface area (Å²) >= 11 is 3.35. The summed E-state index contributed by atoms with van der Waals surface area (Å²) in [6.45, 7) is 1.98. The van der Waals surface area contributed by atoms with Crippen molar-refractivity contribution in [3.05, 3.63) is 70.5 Å². The molecule has 0 saturated carbocycles. The van der Waals surface area contributed by atoms with Crippen molar-refractivity contribution in [2.45, 2.75) is 19.4 Å². The highest BCUT2D eigenvalue weighted by molar-refractivity contribution is 9.10. The molecule has 0 spiro atoms. The molecule has 26 heavy (non-hydrogen) atoms. The van der Waals surface area contributed by atoms with E-state index in [1.165, 1.54) is 6.20 Å². The van der Waals surface area contributed by atoms with Crippen LogP contribution in [-0.4, -0.2) is 26.0 Å². The van der Waals surface area contributed by atoms with E-state index in [1.807, 2.05) is 37.3 Å². The third-order valence-corrected chi connectivity index (χ3v) is 4.37. The summed E-state index contributed by atoms with van der Waals surface area (Å²) < 4.78 is 0.820. The number of nitrogens with zero attached hydrogens (tertiary/aromatic N) is 3. The Kier molecular flexibility index (Phi) is 5.58. The number of aromatic nitrogens is 3. The van der Waals surface area contributed by atoms with Crippen molar-refractivity contribution in [3.63, 3.8) is 0 Å². The first kappa shape index (κ1) is 18.0. The molecule has 2 N–H and O–H groups in total. The van der Waals surface area contributed by atoms with E-state index < -0.39 is 5.91 Å². The number of hydrogen-bond donors (Lipinski definition) is 2. The highest BCUT2D eigenvalue weighted by atomic mass is 79.9. The summed E-state index contributed by atoms with van der Waals surface area (Å²) in [6, 6.07) is 13.0. The number of aromatic hydroxyl groups is 1. The molecular weight excluding hydrogens is 396 g/mol. The van der Waals surface area contributed by atoms with Crippen LogP contribution in [0.25, 0.3) is 11.5 Å². The van der Waals surface area contributed by atoms with Gasteiger partial charge in [0.2, 0.25) is 5.88 Å². The topological polar surface area (TPSA) is 88.0 Å². The summed E-state index contributed by atoms with van der Waals surface area (Å²) in [6.07, 6.45) is 3.64. The molecule has 0 aliphatic heterocycles. The minimum Gasteiger partial charge on any atom is -0.493 e. The Hall–Kier alpha value is -2.80. The van der Waals surface area contributed by atoms with E-state index in [0.29, 0.717) is 5.69 Å². The predicted octanol–water partition coefficient (Wildman–Crippen LogP) is 3.89. The monoisotopic (exact) mass is 412 g/mol. The molecule has 0 bridgehead atoms. The fourth-order valence-corrected chi connectivity index (χ4v) is 2.86. The standard InChI is InChI=1S/C19H17BrN4O2/c1-2-15(12-6-4-3-5-7-12)23-18(25)14-11-22-17(24-19(14)26)16-10-13(20)8-9-21-16/h3-11,15H,2H2,1H3,(H,23,25)(H,22,24,26). The number of halogens is 1. The van der Waals surface area contributed by atoms with E-state index in [-0.39, 0.29) is 23.3 Å². The fraction of sp³-hybridized carbons (Fsp3) is 0.158. The Labute approximate surface area is 159 Å². The van der Waals surface area contributed by atoms with Crippen LogP contribution < -0.4 is 5.32 Å². The maximum atomic E-state index is 12.5. The summed E-state index contributed by atoms with van der Waals surface area (Å²) in [5.74, 6) is -0.556. The lowest BCUT2D eigenvalue weighted by Gasteiger charge is -2.17. The summed E-state index contributed by atoms with van der Waals surface area (Å²) in [7, 11) is 0. The number of benzene rings is 1.